The molecule has 11 nitrogen and oxygen atoms in total. The fraction of sp³-hybridized carbons (Fsp3) is 0.250. The topological polar surface area (TPSA) is 132 Å². The summed E-state index contributed by atoms with van der Waals surface area (Å²) in [4.78, 5) is 52.6. The average Bonchev–Trinajstić information content (AvgIpc) is 3.38. The Labute approximate surface area is 286 Å². The predicted molar refractivity (Wildman–Crippen MR) is 184 cm³/mol. The number of nitrogens with zero attached hydrogens (tertiary/aromatic N) is 5. The van der Waals surface area contributed by atoms with Crippen LogP contribution < -0.4 is 15.7 Å². The van der Waals surface area contributed by atoms with Gasteiger partial charge in [-0.15, -0.1) is 0 Å². The molecule has 12 heteroatoms. The summed E-state index contributed by atoms with van der Waals surface area (Å²) in [6.07, 6.45) is 2.68. The molecule has 246 valence electrons. The molecular formula is C36H35BrN6O5. The number of aromatic nitrogens is 4. The van der Waals surface area contributed by atoms with E-state index in [0.717, 1.165) is 21.2 Å². The Balaban J connectivity index is 1.38. The number of fused-ring (bicyclic) bond motifs is 1. The Morgan fingerprint density at radius 1 is 1.06 bits per heavy atom. The van der Waals surface area contributed by atoms with E-state index in [1.54, 1.807) is 65.2 Å². The fourth-order valence-electron chi connectivity index (χ4n) is 5.80. The molecule has 48 heavy (non-hydrogen) atoms. The number of amides is 2. The Morgan fingerprint density at radius 3 is 2.50 bits per heavy atom. The summed E-state index contributed by atoms with van der Waals surface area (Å²) >= 11 is 3.50. The molecule has 1 aliphatic heterocycles. The highest BCUT2D eigenvalue weighted by Crippen LogP contribution is 2.27. The van der Waals surface area contributed by atoms with Crippen molar-refractivity contribution in [2.75, 3.05) is 6.61 Å². The lowest BCUT2D eigenvalue weighted by atomic mass is 10.1. The predicted octanol–water partition coefficient (Wildman–Crippen LogP) is 4.90. The molecular weight excluding hydrogens is 676 g/mol. The quantitative estimate of drug-likeness (QED) is 0.223. The first-order chi connectivity index (χ1) is 23.1. The maximum absolute atomic E-state index is 14.2. The molecule has 2 aromatic heterocycles. The number of hydrogen-bond donors (Lipinski definition) is 2. The average molecular weight is 712 g/mol. The summed E-state index contributed by atoms with van der Waals surface area (Å²) in [5.74, 6) is 0.384. The smallest absolute Gasteiger partial charge is 0.333 e. The summed E-state index contributed by atoms with van der Waals surface area (Å²) in [6, 6.07) is 21.2. The van der Waals surface area contributed by atoms with E-state index in [1.165, 1.54) is 4.57 Å². The molecule has 5 aromatic rings. The Morgan fingerprint density at radius 2 is 1.79 bits per heavy atom. The standard InChI is InChI=1S/C36H35BrN6O5/c1-22-17-25(9-14-30(22)37)35(46)41-20-31-32(34(45)40-18-26-7-4-5-8-29(26)33-38-15-6-16-39-33)43(36(47)42(31)19-23(41)2)27-10-12-28(13-11-27)48-21-24(3)44/h4-17,23-24,44H,18-21H2,1-3H3,(H,40,45)/t23?,24-/m0/s1. The maximum atomic E-state index is 14.2. The van der Waals surface area contributed by atoms with E-state index in [9.17, 15) is 19.5 Å². The lowest BCUT2D eigenvalue weighted by Crippen LogP contribution is -2.47. The summed E-state index contributed by atoms with van der Waals surface area (Å²) in [6.45, 7) is 5.98. The van der Waals surface area contributed by atoms with Crippen LogP contribution in [0, 0.1) is 6.92 Å². The van der Waals surface area contributed by atoms with Crippen molar-refractivity contribution in [2.24, 2.45) is 0 Å². The Kier molecular flexibility index (Phi) is 9.56. The number of carbonyl (C=O) groups excluding carboxylic acids is 2. The van der Waals surface area contributed by atoms with Crippen LogP contribution in [0.15, 0.2) is 94.5 Å². The van der Waals surface area contributed by atoms with Crippen LogP contribution in [0.5, 0.6) is 5.75 Å². The normalized spacial score (nSPS) is 14.7. The number of aliphatic hydroxyl groups is 1. The third-order valence-electron chi connectivity index (χ3n) is 8.27. The fourth-order valence-corrected chi connectivity index (χ4v) is 6.05. The zero-order chi connectivity index (χ0) is 33.9. The molecule has 0 fully saturated rings. The highest BCUT2D eigenvalue weighted by Gasteiger charge is 2.35. The molecule has 1 unspecified atom stereocenters. The monoisotopic (exact) mass is 710 g/mol. The van der Waals surface area contributed by atoms with Crippen molar-refractivity contribution in [1.82, 2.24) is 29.3 Å². The number of rotatable bonds is 9. The van der Waals surface area contributed by atoms with Crippen molar-refractivity contribution < 1.29 is 19.4 Å². The molecule has 2 amide bonds. The van der Waals surface area contributed by atoms with Crippen molar-refractivity contribution in [1.29, 1.82) is 0 Å². The van der Waals surface area contributed by atoms with Crippen LogP contribution in [0.3, 0.4) is 0 Å². The third-order valence-corrected chi connectivity index (χ3v) is 9.16. The lowest BCUT2D eigenvalue weighted by molar-refractivity contribution is 0.0610. The molecule has 3 heterocycles. The minimum absolute atomic E-state index is 0.0597. The first-order valence-electron chi connectivity index (χ1n) is 15.6. The highest BCUT2D eigenvalue weighted by atomic mass is 79.9. The number of ether oxygens (including phenoxy) is 1. The van der Waals surface area contributed by atoms with Crippen LogP contribution in [0.4, 0.5) is 0 Å². The molecule has 1 aliphatic rings. The SMILES string of the molecule is Cc1cc(C(=O)N2Cc3c(C(=O)NCc4ccccc4-c4ncccn4)n(-c4ccc(OC[C@H](C)O)cc4)c(=O)n3CC2C)ccc1Br. The lowest BCUT2D eigenvalue weighted by Gasteiger charge is -2.34. The molecule has 2 N–H and O–H groups in total. The van der Waals surface area contributed by atoms with Gasteiger partial charge in [-0.1, -0.05) is 40.2 Å². The van der Waals surface area contributed by atoms with Gasteiger partial charge in [-0.05, 0) is 80.4 Å². The molecule has 6 rings (SSSR count). The van der Waals surface area contributed by atoms with Gasteiger partial charge in [-0.3, -0.25) is 18.7 Å². The largest absolute Gasteiger partial charge is 0.491 e. The number of nitrogens with one attached hydrogen (secondary N) is 1. The summed E-state index contributed by atoms with van der Waals surface area (Å²) in [5, 5.41) is 12.6. The first-order valence-corrected chi connectivity index (χ1v) is 16.4. The third kappa shape index (κ3) is 6.67. The Hall–Kier alpha value is -5.07. The van der Waals surface area contributed by atoms with Gasteiger partial charge in [0.2, 0.25) is 0 Å². The van der Waals surface area contributed by atoms with E-state index in [2.05, 4.69) is 31.2 Å². The second-order valence-corrected chi connectivity index (χ2v) is 12.7. The molecule has 3 aromatic carbocycles. The summed E-state index contributed by atoms with van der Waals surface area (Å²) < 4.78 is 9.49. The van der Waals surface area contributed by atoms with E-state index in [-0.39, 0.29) is 49.6 Å². The summed E-state index contributed by atoms with van der Waals surface area (Å²) in [7, 11) is 0. The number of aryl methyl sites for hydroxylation is 1. The summed E-state index contributed by atoms with van der Waals surface area (Å²) in [5.41, 5.74) is 3.68. The van der Waals surface area contributed by atoms with Gasteiger partial charge < -0.3 is 20.1 Å². The Bertz CT molecular complexity index is 2020. The van der Waals surface area contributed by atoms with E-state index >= 15 is 0 Å². The van der Waals surface area contributed by atoms with Gasteiger partial charge in [0.1, 0.15) is 18.1 Å². The van der Waals surface area contributed by atoms with Gasteiger partial charge in [0.05, 0.1) is 24.0 Å². The molecule has 2 atom stereocenters. The van der Waals surface area contributed by atoms with Crippen LogP contribution in [-0.2, 0) is 19.6 Å². The van der Waals surface area contributed by atoms with E-state index in [0.29, 0.717) is 28.5 Å². The second kappa shape index (κ2) is 14.0. The zero-order valence-corrected chi connectivity index (χ0v) is 28.3. The number of aliphatic hydroxyl groups excluding tert-OH is 1. The van der Waals surface area contributed by atoms with Crippen LogP contribution in [-0.4, -0.2) is 59.7 Å². The van der Waals surface area contributed by atoms with Crippen LogP contribution >= 0.6 is 15.9 Å². The second-order valence-electron chi connectivity index (χ2n) is 11.8. The van der Waals surface area contributed by atoms with E-state index < -0.39 is 12.0 Å². The molecule has 0 bridgehead atoms. The van der Waals surface area contributed by atoms with E-state index in [4.69, 9.17) is 4.74 Å². The van der Waals surface area contributed by atoms with Crippen molar-refractivity contribution in [3.05, 3.63) is 128 Å². The van der Waals surface area contributed by atoms with Gasteiger partial charge in [0.15, 0.2) is 5.82 Å². The minimum atomic E-state index is -0.645. The van der Waals surface area contributed by atoms with Gasteiger partial charge >= 0.3 is 5.69 Å². The van der Waals surface area contributed by atoms with Crippen LogP contribution in [0.2, 0.25) is 0 Å². The maximum Gasteiger partial charge on any atom is 0.333 e. The van der Waals surface area contributed by atoms with E-state index in [1.807, 2.05) is 50.2 Å². The van der Waals surface area contributed by atoms with Crippen molar-refractivity contribution in [3.8, 4) is 22.8 Å². The van der Waals surface area contributed by atoms with Crippen LogP contribution in [0.25, 0.3) is 17.1 Å². The van der Waals surface area contributed by atoms with Crippen LogP contribution in [0.1, 0.15) is 51.5 Å². The molecule has 0 saturated carbocycles. The van der Waals surface area contributed by atoms with Crippen molar-refractivity contribution >= 4 is 27.7 Å². The first kappa shape index (κ1) is 32.9. The number of carbonyl (C=O) groups is 2. The number of benzene rings is 3. The van der Waals surface area contributed by atoms with Crippen molar-refractivity contribution in [3.63, 3.8) is 0 Å². The van der Waals surface area contributed by atoms with Gasteiger partial charge in [0.25, 0.3) is 11.8 Å². The zero-order valence-electron chi connectivity index (χ0n) is 26.8. The van der Waals surface area contributed by atoms with Gasteiger partial charge in [0, 0.05) is 47.1 Å². The highest BCUT2D eigenvalue weighted by molar-refractivity contribution is 9.10. The minimum Gasteiger partial charge on any atom is -0.491 e. The number of hydrogen-bond acceptors (Lipinski definition) is 7. The molecule has 0 saturated heterocycles. The number of imidazole rings is 1. The molecule has 0 radical (unpaired) electrons. The number of halogens is 1. The van der Waals surface area contributed by atoms with Crippen molar-refractivity contribution in [2.45, 2.75) is 52.6 Å². The van der Waals surface area contributed by atoms with Gasteiger partial charge in [-0.2, -0.15) is 0 Å². The molecule has 0 aliphatic carbocycles. The van der Waals surface area contributed by atoms with Gasteiger partial charge in [-0.25, -0.2) is 14.8 Å². The molecule has 0 spiro atoms.